The van der Waals surface area contributed by atoms with Gasteiger partial charge in [0.1, 0.15) is 6.04 Å². The third-order valence-electron chi connectivity index (χ3n) is 3.92. The Morgan fingerprint density at radius 1 is 1.08 bits per heavy atom. The molecule has 3 N–H and O–H groups in total. The molecule has 1 heterocycles. The lowest BCUT2D eigenvalue weighted by Crippen LogP contribution is -2.46. The number of pyridine rings is 1. The number of primary amides is 1. The van der Waals surface area contributed by atoms with E-state index in [0.29, 0.717) is 21.5 Å². The number of hydrogen-bond acceptors (Lipinski definition) is 3. The normalized spacial score (nSPS) is 11.9. The molecular formula is C19H16ClN3O2. The first-order valence-corrected chi connectivity index (χ1v) is 8.11. The van der Waals surface area contributed by atoms with E-state index in [1.807, 2.05) is 30.3 Å². The highest BCUT2D eigenvalue weighted by Crippen LogP contribution is 2.18. The lowest BCUT2D eigenvalue weighted by atomic mass is 10.0. The van der Waals surface area contributed by atoms with Crippen LogP contribution in [0.3, 0.4) is 0 Å². The number of carbonyl (C=O) groups excluding carboxylic acids is 2. The number of nitrogens with zero attached hydrogens (tertiary/aromatic N) is 1. The van der Waals surface area contributed by atoms with Crippen LogP contribution in [0.4, 0.5) is 0 Å². The van der Waals surface area contributed by atoms with Gasteiger partial charge >= 0.3 is 0 Å². The maximum atomic E-state index is 12.7. The molecule has 0 bridgehead atoms. The molecule has 2 amide bonds. The Hall–Kier alpha value is -2.92. The molecule has 0 aliphatic heterocycles. The summed E-state index contributed by atoms with van der Waals surface area (Å²) in [4.78, 5) is 28.7. The van der Waals surface area contributed by atoms with E-state index in [1.54, 1.807) is 30.5 Å². The first kappa shape index (κ1) is 16.9. The van der Waals surface area contributed by atoms with Gasteiger partial charge in [0.25, 0.3) is 5.91 Å². The smallest absolute Gasteiger partial charge is 0.252 e. The third kappa shape index (κ3) is 3.78. The van der Waals surface area contributed by atoms with Gasteiger partial charge in [-0.05, 0) is 23.8 Å². The molecule has 1 atom stereocenters. The van der Waals surface area contributed by atoms with Crippen LogP contribution >= 0.6 is 11.6 Å². The van der Waals surface area contributed by atoms with Crippen LogP contribution in [-0.4, -0.2) is 22.8 Å². The van der Waals surface area contributed by atoms with E-state index in [1.165, 1.54) is 0 Å². The van der Waals surface area contributed by atoms with Crippen molar-refractivity contribution in [3.8, 4) is 0 Å². The summed E-state index contributed by atoms with van der Waals surface area (Å²) in [6.07, 6.45) is 1.79. The van der Waals surface area contributed by atoms with Crippen molar-refractivity contribution >= 4 is 34.3 Å². The molecule has 0 saturated heterocycles. The largest absolute Gasteiger partial charge is 0.368 e. The molecule has 1 aromatic heterocycles. The predicted molar refractivity (Wildman–Crippen MR) is 97.3 cm³/mol. The number of aromatic nitrogens is 1. The van der Waals surface area contributed by atoms with E-state index >= 15 is 0 Å². The summed E-state index contributed by atoms with van der Waals surface area (Å²) in [6.45, 7) is 0. The number of fused-ring (bicyclic) bond motifs is 1. The van der Waals surface area contributed by atoms with Gasteiger partial charge in [0.15, 0.2) is 0 Å². The molecule has 0 fully saturated rings. The molecule has 25 heavy (non-hydrogen) atoms. The van der Waals surface area contributed by atoms with Gasteiger partial charge in [-0.25, -0.2) is 0 Å². The summed E-state index contributed by atoms with van der Waals surface area (Å²) in [5, 5.41) is 3.94. The Balaban J connectivity index is 1.86. The van der Waals surface area contributed by atoms with Crippen molar-refractivity contribution in [1.29, 1.82) is 0 Å². The second-order valence-corrected chi connectivity index (χ2v) is 6.01. The minimum absolute atomic E-state index is 0.226. The van der Waals surface area contributed by atoms with Gasteiger partial charge in [0.05, 0.1) is 11.1 Å². The number of nitrogens with one attached hydrogen (secondary N) is 1. The van der Waals surface area contributed by atoms with E-state index in [4.69, 9.17) is 17.3 Å². The summed E-state index contributed by atoms with van der Waals surface area (Å²) >= 11 is 6.13. The molecule has 126 valence electrons. The highest BCUT2D eigenvalue weighted by atomic mass is 35.5. The van der Waals surface area contributed by atoms with Crippen LogP contribution in [0.2, 0.25) is 5.02 Å². The monoisotopic (exact) mass is 353 g/mol. The maximum Gasteiger partial charge on any atom is 0.252 e. The van der Waals surface area contributed by atoms with Gasteiger partial charge < -0.3 is 11.1 Å². The molecule has 0 saturated carbocycles. The second-order valence-electron chi connectivity index (χ2n) is 5.60. The number of benzene rings is 2. The molecule has 0 radical (unpaired) electrons. The molecule has 6 heteroatoms. The minimum atomic E-state index is -0.862. The lowest BCUT2D eigenvalue weighted by molar-refractivity contribution is -0.119. The fourth-order valence-electron chi connectivity index (χ4n) is 2.64. The molecule has 3 rings (SSSR count). The van der Waals surface area contributed by atoms with Crippen LogP contribution in [0.25, 0.3) is 10.9 Å². The number of nitrogens with two attached hydrogens (primary N) is 1. The van der Waals surface area contributed by atoms with Gasteiger partial charge in [0, 0.05) is 23.0 Å². The quantitative estimate of drug-likeness (QED) is 0.739. The van der Waals surface area contributed by atoms with Crippen molar-refractivity contribution in [2.75, 3.05) is 0 Å². The van der Waals surface area contributed by atoms with Gasteiger partial charge in [-0.2, -0.15) is 0 Å². The van der Waals surface area contributed by atoms with Crippen LogP contribution in [0.15, 0.2) is 60.8 Å². The molecule has 2 aromatic carbocycles. The highest BCUT2D eigenvalue weighted by molar-refractivity contribution is 6.31. The Kier molecular flexibility index (Phi) is 4.95. The molecule has 0 aliphatic rings. The summed E-state index contributed by atoms with van der Waals surface area (Å²) < 4.78 is 0. The van der Waals surface area contributed by atoms with Crippen molar-refractivity contribution < 1.29 is 9.59 Å². The predicted octanol–water partition coefficient (Wildman–Crippen LogP) is 2.71. The average molecular weight is 354 g/mol. The summed E-state index contributed by atoms with van der Waals surface area (Å²) in [6, 6.07) is 15.2. The molecular weight excluding hydrogens is 338 g/mol. The number of halogens is 1. The minimum Gasteiger partial charge on any atom is -0.368 e. The molecule has 0 unspecified atom stereocenters. The van der Waals surface area contributed by atoms with E-state index in [-0.39, 0.29) is 12.3 Å². The van der Waals surface area contributed by atoms with Gasteiger partial charge in [0.2, 0.25) is 5.91 Å². The standard InChI is InChI=1S/C19H16ClN3O2/c20-15-7-3-1-5-12(15)11-17(18(21)24)23-19(25)14-9-10-22-16-8-4-2-6-13(14)16/h1-10,17H,11H2,(H2,21,24)(H,23,25)/t17-/m1/s1. The zero-order chi connectivity index (χ0) is 17.8. The Bertz CT molecular complexity index is 937. The second kappa shape index (κ2) is 7.32. The van der Waals surface area contributed by atoms with Gasteiger partial charge in [-0.15, -0.1) is 0 Å². The van der Waals surface area contributed by atoms with Crippen LogP contribution in [0.1, 0.15) is 15.9 Å². The van der Waals surface area contributed by atoms with Crippen LogP contribution in [-0.2, 0) is 11.2 Å². The molecule has 5 nitrogen and oxygen atoms in total. The van der Waals surface area contributed by atoms with E-state index in [2.05, 4.69) is 10.3 Å². The van der Waals surface area contributed by atoms with Crippen molar-refractivity contribution in [1.82, 2.24) is 10.3 Å². The topological polar surface area (TPSA) is 85.1 Å². The maximum absolute atomic E-state index is 12.7. The van der Waals surface area contributed by atoms with Crippen LogP contribution in [0.5, 0.6) is 0 Å². The molecule has 3 aromatic rings. The summed E-state index contributed by atoms with van der Waals surface area (Å²) in [5.41, 5.74) is 7.35. The first-order valence-electron chi connectivity index (χ1n) is 7.73. The van der Waals surface area contributed by atoms with E-state index in [0.717, 1.165) is 5.56 Å². The summed E-state index contributed by atoms with van der Waals surface area (Å²) in [5.74, 6) is -0.999. The SMILES string of the molecule is NC(=O)[C@@H](Cc1ccccc1Cl)NC(=O)c1ccnc2ccccc12. The number of amides is 2. The zero-order valence-corrected chi connectivity index (χ0v) is 14.0. The Morgan fingerprint density at radius 2 is 1.80 bits per heavy atom. The number of hydrogen-bond donors (Lipinski definition) is 2. The number of carbonyl (C=O) groups is 2. The lowest BCUT2D eigenvalue weighted by Gasteiger charge is -2.17. The fourth-order valence-corrected chi connectivity index (χ4v) is 2.85. The fraction of sp³-hybridized carbons (Fsp3) is 0.105. The van der Waals surface area contributed by atoms with Gasteiger partial charge in [-0.3, -0.25) is 14.6 Å². The Labute approximate surface area is 149 Å². The van der Waals surface area contributed by atoms with Crippen LogP contribution in [0, 0.1) is 0 Å². The van der Waals surface area contributed by atoms with Crippen molar-refractivity contribution in [3.05, 3.63) is 76.9 Å². The van der Waals surface area contributed by atoms with E-state index in [9.17, 15) is 9.59 Å². The van der Waals surface area contributed by atoms with Crippen molar-refractivity contribution in [2.45, 2.75) is 12.5 Å². The van der Waals surface area contributed by atoms with Gasteiger partial charge in [-0.1, -0.05) is 48.0 Å². The summed E-state index contributed by atoms with van der Waals surface area (Å²) in [7, 11) is 0. The number of para-hydroxylation sites is 1. The van der Waals surface area contributed by atoms with Crippen LogP contribution < -0.4 is 11.1 Å². The molecule has 0 aliphatic carbocycles. The highest BCUT2D eigenvalue weighted by Gasteiger charge is 2.21. The zero-order valence-electron chi connectivity index (χ0n) is 13.3. The van der Waals surface area contributed by atoms with Crippen molar-refractivity contribution in [2.24, 2.45) is 5.73 Å². The third-order valence-corrected chi connectivity index (χ3v) is 4.29. The average Bonchev–Trinajstić information content (AvgIpc) is 2.62. The van der Waals surface area contributed by atoms with E-state index < -0.39 is 11.9 Å². The number of rotatable bonds is 5. The first-order chi connectivity index (χ1) is 12.1. The Morgan fingerprint density at radius 3 is 2.56 bits per heavy atom. The molecule has 0 spiro atoms. The van der Waals surface area contributed by atoms with Crippen molar-refractivity contribution in [3.63, 3.8) is 0 Å².